The first kappa shape index (κ1) is 15.5. The highest BCUT2D eigenvalue weighted by Crippen LogP contribution is 2.26. The summed E-state index contributed by atoms with van der Waals surface area (Å²) < 4.78 is 7.01. The van der Waals surface area contributed by atoms with Crippen molar-refractivity contribution in [2.45, 2.75) is 25.1 Å². The maximum atomic E-state index is 11.4. The maximum Gasteiger partial charge on any atom is 0.321 e. The molecule has 23 heavy (non-hydrogen) atoms. The van der Waals surface area contributed by atoms with Crippen molar-refractivity contribution in [1.29, 1.82) is 0 Å². The summed E-state index contributed by atoms with van der Waals surface area (Å²) in [6.07, 6.45) is 3.15. The summed E-state index contributed by atoms with van der Waals surface area (Å²) in [7, 11) is 1.59. The van der Waals surface area contributed by atoms with Crippen LogP contribution in [0.15, 0.2) is 36.7 Å². The second-order valence-corrected chi connectivity index (χ2v) is 5.62. The monoisotopic (exact) mass is 317 g/mol. The van der Waals surface area contributed by atoms with Crippen LogP contribution >= 0.6 is 0 Å². The molecular weight excluding hydrogens is 298 g/mol. The first-order valence-corrected chi connectivity index (χ1v) is 7.40. The number of aromatic nitrogens is 2. The van der Waals surface area contributed by atoms with Crippen LogP contribution < -0.4 is 4.74 Å². The smallest absolute Gasteiger partial charge is 0.321 e. The molecule has 1 aliphatic rings. The summed E-state index contributed by atoms with van der Waals surface area (Å²) >= 11 is 0. The predicted molar refractivity (Wildman–Crippen MR) is 82.6 cm³/mol. The Labute approximate surface area is 133 Å². The number of carboxylic acids is 1. The van der Waals surface area contributed by atoms with E-state index in [1.807, 2.05) is 30.5 Å². The largest absolute Gasteiger partial charge is 0.497 e. The summed E-state index contributed by atoms with van der Waals surface area (Å²) in [6, 6.07) is 6.76. The fourth-order valence-electron chi connectivity index (χ4n) is 2.98. The molecule has 0 amide bonds. The van der Waals surface area contributed by atoms with Crippen molar-refractivity contribution in [3.63, 3.8) is 0 Å². The van der Waals surface area contributed by atoms with E-state index in [9.17, 15) is 15.0 Å². The minimum absolute atomic E-state index is 0.246. The molecular formula is C16H19N3O4. The first-order valence-electron chi connectivity index (χ1n) is 7.40. The van der Waals surface area contributed by atoms with Gasteiger partial charge in [-0.1, -0.05) is 0 Å². The van der Waals surface area contributed by atoms with Gasteiger partial charge < -0.3 is 14.9 Å². The molecule has 0 aliphatic carbocycles. The number of methoxy groups -OCH3 is 1. The van der Waals surface area contributed by atoms with Crippen molar-refractivity contribution in [3.05, 3.63) is 42.2 Å². The lowest BCUT2D eigenvalue weighted by atomic mass is 10.1. The van der Waals surface area contributed by atoms with Gasteiger partial charge in [0.05, 0.1) is 18.9 Å². The van der Waals surface area contributed by atoms with E-state index in [0.717, 1.165) is 11.3 Å². The number of benzene rings is 1. The number of hydrogen-bond donors (Lipinski definition) is 2. The van der Waals surface area contributed by atoms with Crippen LogP contribution in [-0.4, -0.2) is 56.7 Å². The highest BCUT2D eigenvalue weighted by atomic mass is 16.5. The van der Waals surface area contributed by atoms with Crippen LogP contribution in [-0.2, 0) is 11.3 Å². The number of likely N-dealkylation sites (tertiary alicyclic amines) is 1. The Morgan fingerprint density at radius 2 is 2.30 bits per heavy atom. The summed E-state index contributed by atoms with van der Waals surface area (Å²) in [5.74, 6) is -0.215. The number of aliphatic hydroxyl groups excluding tert-OH is 1. The molecule has 0 unspecified atom stereocenters. The van der Waals surface area contributed by atoms with E-state index >= 15 is 0 Å². The van der Waals surface area contributed by atoms with Gasteiger partial charge in [-0.05, 0) is 29.8 Å². The lowest BCUT2D eigenvalue weighted by molar-refractivity contribution is -0.142. The minimum atomic E-state index is -0.912. The molecule has 1 aromatic carbocycles. The zero-order chi connectivity index (χ0) is 16.4. The molecule has 2 aromatic rings. The normalized spacial score (nSPS) is 21.5. The Hall–Kier alpha value is -2.38. The second kappa shape index (κ2) is 6.39. The Kier molecular flexibility index (Phi) is 4.31. The van der Waals surface area contributed by atoms with Crippen LogP contribution in [0.1, 0.15) is 12.0 Å². The van der Waals surface area contributed by atoms with Gasteiger partial charge in [-0.15, -0.1) is 0 Å². The molecule has 3 rings (SSSR count). The molecule has 7 heteroatoms. The Morgan fingerprint density at radius 1 is 1.48 bits per heavy atom. The molecule has 2 heterocycles. The molecule has 2 atom stereocenters. The number of aliphatic hydroxyl groups is 1. The van der Waals surface area contributed by atoms with Crippen LogP contribution in [0.5, 0.6) is 5.75 Å². The van der Waals surface area contributed by atoms with Crippen molar-refractivity contribution in [1.82, 2.24) is 14.7 Å². The second-order valence-electron chi connectivity index (χ2n) is 5.62. The van der Waals surface area contributed by atoms with E-state index in [1.54, 1.807) is 22.9 Å². The molecule has 122 valence electrons. The summed E-state index contributed by atoms with van der Waals surface area (Å²) in [5.41, 5.74) is 1.76. The van der Waals surface area contributed by atoms with E-state index in [1.165, 1.54) is 0 Å². The molecule has 0 saturated carbocycles. The van der Waals surface area contributed by atoms with Crippen molar-refractivity contribution in [2.75, 3.05) is 13.7 Å². The highest BCUT2D eigenvalue weighted by Gasteiger charge is 2.36. The molecule has 0 radical (unpaired) electrons. The minimum Gasteiger partial charge on any atom is -0.497 e. The van der Waals surface area contributed by atoms with E-state index < -0.39 is 18.1 Å². The fraction of sp³-hybridized carbons (Fsp3) is 0.375. The molecule has 1 saturated heterocycles. The SMILES string of the molecule is COc1ccc(-n2cccn2)c(CN2C[C@H](O)C[C@H]2C(=O)O)c1. The predicted octanol–water partition coefficient (Wildman–Crippen LogP) is 0.901. The van der Waals surface area contributed by atoms with Gasteiger partial charge in [0.2, 0.25) is 0 Å². The third-order valence-corrected chi connectivity index (χ3v) is 4.08. The standard InChI is InChI=1S/C16H19N3O4/c1-23-13-3-4-14(19-6-2-5-17-19)11(7-13)9-18-10-12(20)8-15(18)16(21)22/h2-7,12,15,20H,8-10H2,1H3,(H,21,22)/t12-,15+/m1/s1. The van der Waals surface area contributed by atoms with E-state index in [4.69, 9.17) is 4.74 Å². The number of carbonyl (C=O) groups is 1. The molecule has 1 aromatic heterocycles. The van der Waals surface area contributed by atoms with Crippen molar-refractivity contribution in [2.24, 2.45) is 0 Å². The van der Waals surface area contributed by atoms with Crippen LogP contribution in [0.4, 0.5) is 0 Å². The Morgan fingerprint density at radius 3 is 2.96 bits per heavy atom. The lowest BCUT2D eigenvalue weighted by Gasteiger charge is -2.22. The van der Waals surface area contributed by atoms with Crippen LogP contribution in [0.25, 0.3) is 5.69 Å². The van der Waals surface area contributed by atoms with Crippen LogP contribution in [0.2, 0.25) is 0 Å². The van der Waals surface area contributed by atoms with Gasteiger partial charge in [-0.3, -0.25) is 9.69 Å². The van der Waals surface area contributed by atoms with Crippen LogP contribution in [0, 0.1) is 0 Å². The van der Waals surface area contributed by atoms with Crippen molar-refractivity contribution >= 4 is 5.97 Å². The van der Waals surface area contributed by atoms with Crippen LogP contribution in [0.3, 0.4) is 0 Å². The fourth-order valence-corrected chi connectivity index (χ4v) is 2.98. The topological polar surface area (TPSA) is 87.8 Å². The number of carboxylic acid groups (broad SMARTS) is 1. The quantitative estimate of drug-likeness (QED) is 0.852. The average molecular weight is 317 g/mol. The zero-order valence-corrected chi connectivity index (χ0v) is 12.8. The number of β-amino-alcohol motifs (C(OH)–C–C–N with tert-alkyl or cyclic N) is 1. The van der Waals surface area contributed by atoms with Crippen molar-refractivity contribution in [3.8, 4) is 11.4 Å². The summed E-state index contributed by atoms with van der Waals surface area (Å²) in [6.45, 7) is 0.743. The number of nitrogens with zero attached hydrogens (tertiary/aromatic N) is 3. The first-order chi connectivity index (χ1) is 11.1. The number of hydrogen-bond acceptors (Lipinski definition) is 5. The number of rotatable bonds is 5. The average Bonchev–Trinajstić information content (AvgIpc) is 3.17. The number of ether oxygens (including phenoxy) is 1. The van der Waals surface area contributed by atoms with Gasteiger partial charge in [0.25, 0.3) is 0 Å². The molecule has 2 N–H and O–H groups in total. The summed E-state index contributed by atoms with van der Waals surface area (Å²) in [5, 5.41) is 23.4. The molecule has 0 bridgehead atoms. The number of aliphatic carboxylic acids is 1. The van der Waals surface area contributed by atoms with Gasteiger partial charge in [0.1, 0.15) is 11.8 Å². The summed E-state index contributed by atoms with van der Waals surface area (Å²) in [4.78, 5) is 13.2. The van der Waals surface area contributed by atoms with Gasteiger partial charge in [0, 0.05) is 31.9 Å². The van der Waals surface area contributed by atoms with Gasteiger partial charge >= 0.3 is 5.97 Å². The molecule has 1 fully saturated rings. The van der Waals surface area contributed by atoms with E-state index in [-0.39, 0.29) is 6.42 Å². The zero-order valence-electron chi connectivity index (χ0n) is 12.8. The lowest BCUT2D eigenvalue weighted by Crippen LogP contribution is -2.35. The Balaban J connectivity index is 1.93. The van der Waals surface area contributed by atoms with Gasteiger partial charge in [0.15, 0.2) is 0 Å². The van der Waals surface area contributed by atoms with E-state index in [0.29, 0.717) is 18.8 Å². The highest BCUT2D eigenvalue weighted by molar-refractivity contribution is 5.74. The van der Waals surface area contributed by atoms with Gasteiger partial charge in [-0.25, -0.2) is 4.68 Å². The van der Waals surface area contributed by atoms with E-state index in [2.05, 4.69) is 5.10 Å². The molecule has 1 aliphatic heterocycles. The van der Waals surface area contributed by atoms with Crippen molar-refractivity contribution < 1.29 is 19.7 Å². The Bertz CT molecular complexity index is 687. The van der Waals surface area contributed by atoms with Gasteiger partial charge in [-0.2, -0.15) is 5.10 Å². The third kappa shape index (κ3) is 3.20. The maximum absolute atomic E-state index is 11.4. The molecule has 7 nitrogen and oxygen atoms in total. The molecule has 0 spiro atoms. The third-order valence-electron chi connectivity index (χ3n) is 4.08.